The quantitative estimate of drug-likeness (QED) is 0.146. The minimum Gasteiger partial charge on any atom is -0.508 e. The molecular formula is C23H30N6O8. The number of imidazole rings is 1. The number of rotatable bonds is 14. The molecule has 1 heterocycles. The van der Waals surface area contributed by atoms with Crippen LogP contribution in [0.5, 0.6) is 5.75 Å². The van der Waals surface area contributed by atoms with Crippen LogP contribution >= 0.6 is 0 Å². The van der Waals surface area contributed by atoms with E-state index in [9.17, 15) is 29.1 Å². The molecule has 4 unspecified atom stereocenters. The van der Waals surface area contributed by atoms with Crippen molar-refractivity contribution >= 4 is 29.7 Å². The Bertz CT molecular complexity index is 1090. The number of nitrogens with one attached hydrogen (secondary N) is 4. The standard InChI is InChI=1S/C23H30N6O8/c1-12(23(36)37)27-21(34)17(6-7-19(31)32)28-22(35)18(9-14-10-25-11-26-14)29-20(33)16(24)8-13-2-4-15(30)5-3-13/h2-5,10-12,16-18,30H,6-9,24H2,1H3,(H,25,26)(H,27,34)(H,28,35)(H,29,33)(H,31,32)(H,36,37). The summed E-state index contributed by atoms with van der Waals surface area (Å²) in [6, 6.07) is 1.15. The van der Waals surface area contributed by atoms with Crippen molar-refractivity contribution in [3.63, 3.8) is 0 Å². The number of H-pyrrole nitrogens is 1. The third kappa shape index (κ3) is 9.60. The second-order valence-corrected chi connectivity index (χ2v) is 8.38. The summed E-state index contributed by atoms with van der Waals surface area (Å²) in [6.07, 6.45) is 2.08. The molecule has 1 aromatic heterocycles. The molecule has 2 aromatic rings. The molecule has 0 radical (unpaired) electrons. The van der Waals surface area contributed by atoms with Crippen molar-refractivity contribution in [2.45, 2.75) is 56.8 Å². The van der Waals surface area contributed by atoms with Crippen LogP contribution in [0.4, 0.5) is 0 Å². The van der Waals surface area contributed by atoms with Crippen LogP contribution < -0.4 is 21.7 Å². The number of phenolic OH excluding ortho intramolecular Hbond substituents is 1. The number of carboxylic acid groups (broad SMARTS) is 2. The van der Waals surface area contributed by atoms with Crippen molar-refractivity contribution in [1.82, 2.24) is 25.9 Å². The van der Waals surface area contributed by atoms with E-state index < -0.39 is 60.2 Å². The van der Waals surface area contributed by atoms with Gasteiger partial charge in [-0.2, -0.15) is 0 Å². The fourth-order valence-electron chi connectivity index (χ4n) is 3.27. The molecule has 0 aliphatic rings. The number of nitrogens with two attached hydrogens (primary N) is 1. The minimum absolute atomic E-state index is 0.0531. The van der Waals surface area contributed by atoms with E-state index >= 15 is 0 Å². The Balaban J connectivity index is 2.16. The van der Waals surface area contributed by atoms with Gasteiger partial charge in [-0.1, -0.05) is 12.1 Å². The Morgan fingerprint density at radius 3 is 2.14 bits per heavy atom. The van der Waals surface area contributed by atoms with Crippen molar-refractivity contribution in [2.24, 2.45) is 5.73 Å². The lowest BCUT2D eigenvalue weighted by atomic mass is 10.0. The van der Waals surface area contributed by atoms with E-state index in [0.717, 1.165) is 0 Å². The van der Waals surface area contributed by atoms with Gasteiger partial charge in [-0.3, -0.25) is 24.0 Å². The number of nitrogens with zero attached hydrogens (tertiary/aromatic N) is 1. The van der Waals surface area contributed by atoms with Gasteiger partial charge < -0.3 is 42.0 Å². The van der Waals surface area contributed by atoms with E-state index in [2.05, 4.69) is 25.9 Å². The Labute approximate surface area is 211 Å². The van der Waals surface area contributed by atoms with Crippen LogP contribution in [0.15, 0.2) is 36.8 Å². The van der Waals surface area contributed by atoms with E-state index in [1.54, 1.807) is 12.1 Å². The topological polar surface area (TPSA) is 237 Å². The second kappa shape index (κ2) is 13.6. The highest BCUT2D eigenvalue weighted by Crippen LogP contribution is 2.11. The van der Waals surface area contributed by atoms with E-state index in [1.807, 2.05) is 0 Å². The lowest BCUT2D eigenvalue weighted by molar-refractivity contribution is -0.142. The first kappa shape index (κ1) is 28.8. The first-order valence-corrected chi connectivity index (χ1v) is 11.3. The maximum absolute atomic E-state index is 13.1. The number of hydrogen-bond acceptors (Lipinski definition) is 8. The predicted molar refractivity (Wildman–Crippen MR) is 128 cm³/mol. The van der Waals surface area contributed by atoms with E-state index in [0.29, 0.717) is 11.3 Å². The van der Waals surface area contributed by atoms with Crippen LogP contribution in [0.25, 0.3) is 0 Å². The zero-order valence-electron chi connectivity index (χ0n) is 20.0. The summed E-state index contributed by atoms with van der Waals surface area (Å²) in [5.41, 5.74) is 7.17. The van der Waals surface area contributed by atoms with Crippen LogP contribution in [0.3, 0.4) is 0 Å². The van der Waals surface area contributed by atoms with Crippen LogP contribution in [0, 0.1) is 0 Å². The maximum atomic E-state index is 13.1. The molecule has 14 nitrogen and oxygen atoms in total. The monoisotopic (exact) mass is 518 g/mol. The van der Waals surface area contributed by atoms with Gasteiger partial charge in [0.25, 0.3) is 0 Å². The molecule has 0 saturated heterocycles. The van der Waals surface area contributed by atoms with Crippen LogP contribution in [0.2, 0.25) is 0 Å². The van der Waals surface area contributed by atoms with Crippen molar-refractivity contribution in [3.8, 4) is 5.75 Å². The Kier molecular flexibility index (Phi) is 10.6. The van der Waals surface area contributed by atoms with E-state index in [1.165, 1.54) is 31.6 Å². The van der Waals surface area contributed by atoms with Crippen molar-refractivity contribution < 1.29 is 39.3 Å². The van der Waals surface area contributed by atoms with Crippen LogP contribution in [0.1, 0.15) is 31.0 Å². The van der Waals surface area contributed by atoms with Gasteiger partial charge >= 0.3 is 11.9 Å². The summed E-state index contributed by atoms with van der Waals surface area (Å²) in [4.78, 5) is 67.3. The Hall–Kier alpha value is -4.46. The SMILES string of the molecule is CC(NC(=O)C(CCC(=O)O)NC(=O)C(Cc1cnc[nH]1)NC(=O)C(N)Cc1ccc(O)cc1)C(=O)O. The summed E-state index contributed by atoms with van der Waals surface area (Å²) < 4.78 is 0. The number of amides is 3. The number of carbonyl (C=O) groups excluding carboxylic acids is 3. The van der Waals surface area contributed by atoms with Gasteiger partial charge in [0, 0.05) is 24.7 Å². The molecule has 1 aromatic carbocycles. The first-order chi connectivity index (χ1) is 17.5. The number of carbonyl (C=O) groups is 5. The molecule has 0 spiro atoms. The van der Waals surface area contributed by atoms with Crippen molar-refractivity contribution in [1.29, 1.82) is 0 Å². The molecule has 37 heavy (non-hydrogen) atoms. The fourth-order valence-corrected chi connectivity index (χ4v) is 3.27. The summed E-state index contributed by atoms with van der Waals surface area (Å²) in [5.74, 6) is -4.85. The predicted octanol–water partition coefficient (Wildman–Crippen LogP) is -1.35. The minimum atomic E-state index is -1.38. The normalized spacial score (nSPS) is 14.0. The molecule has 9 N–H and O–H groups in total. The summed E-state index contributed by atoms with van der Waals surface area (Å²) in [5, 5.41) is 34.6. The highest BCUT2D eigenvalue weighted by Gasteiger charge is 2.30. The molecule has 0 fully saturated rings. The molecule has 0 bridgehead atoms. The lowest BCUT2D eigenvalue weighted by Crippen LogP contribution is -2.57. The van der Waals surface area contributed by atoms with Gasteiger partial charge in [0.05, 0.1) is 12.4 Å². The third-order valence-electron chi connectivity index (χ3n) is 5.35. The first-order valence-electron chi connectivity index (χ1n) is 11.3. The lowest BCUT2D eigenvalue weighted by Gasteiger charge is -2.24. The number of aromatic nitrogens is 2. The van der Waals surface area contributed by atoms with Gasteiger partial charge in [-0.15, -0.1) is 0 Å². The molecule has 0 aliphatic carbocycles. The Morgan fingerprint density at radius 1 is 0.946 bits per heavy atom. The number of phenols is 1. The smallest absolute Gasteiger partial charge is 0.325 e. The van der Waals surface area contributed by atoms with Crippen LogP contribution in [-0.4, -0.2) is 79.1 Å². The highest BCUT2D eigenvalue weighted by atomic mass is 16.4. The number of benzene rings is 1. The zero-order chi connectivity index (χ0) is 27.5. The number of aromatic hydroxyl groups is 1. The van der Waals surface area contributed by atoms with Gasteiger partial charge in [0.2, 0.25) is 17.7 Å². The second-order valence-electron chi connectivity index (χ2n) is 8.38. The third-order valence-corrected chi connectivity index (χ3v) is 5.35. The molecule has 3 amide bonds. The number of hydrogen-bond donors (Lipinski definition) is 8. The molecule has 2 rings (SSSR count). The number of aromatic amines is 1. The summed E-state index contributed by atoms with van der Waals surface area (Å²) in [6.45, 7) is 1.22. The highest BCUT2D eigenvalue weighted by molar-refractivity contribution is 5.94. The van der Waals surface area contributed by atoms with E-state index in [-0.39, 0.29) is 25.0 Å². The largest absolute Gasteiger partial charge is 0.508 e. The van der Waals surface area contributed by atoms with Crippen LogP contribution in [-0.2, 0) is 36.8 Å². The molecule has 14 heteroatoms. The summed E-state index contributed by atoms with van der Waals surface area (Å²) >= 11 is 0. The molecule has 0 saturated carbocycles. The molecule has 200 valence electrons. The molecular weight excluding hydrogens is 488 g/mol. The molecule has 0 aliphatic heterocycles. The van der Waals surface area contributed by atoms with E-state index in [4.69, 9.17) is 15.9 Å². The number of carboxylic acids is 2. The van der Waals surface area contributed by atoms with Gasteiger partial charge in [-0.25, -0.2) is 4.98 Å². The van der Waals surface area contributed by atoms with Crippen molar-refractivity contribution in [2.75, 3.05) is 0 Å². The van der Waals surface area contributed by atoms with Crippen molar-refractivity contribution in [3.05, 3.63) is 48.0 Å². The molecule has 4 atom stereocenters. The fraction of sp³-hybridized carbons (Fsp3) is 0.391. The zero-order valence-corrected chi connectivity index (χ0v) is 20.0. The average molecular weight is 519 g/mol. The average Bonchev–Trinajstić information content (AvgIpc) is 3.35. The Morgan fingerprint density at radius 2 is 1.57 bits per heavy atom. The van der Waals surface area contributed by atoms with Gasteiger partial charge in [0.1, 0.15) is 23.9 Å². The maximum Gasteiger partial charge on any atom is 0.325 e. The van der Waals surface area contributed by atoms with Gasteiger partial charge in [-0.05, 0) is 37.5 Å². The van der Waals surface area contributed by atoms with Gasteiger partial charge in [0.15, 0.2) is 0 Å². The summed E-state index contributed by atoms with van der Waals surface area (Å²) in [7, 11) is 0. The number of aliphatic carboxylic acids is 2.